The van der Waals surface area contributed by atoms with E-state index in [4.69, 9.17) is 0 Å². The highest BCUT2D eigenvalue weighted by molar-refractivity contribution is 9.10. The van der Waals surface area contributed by atoms with Gasteiger partial charge in [0.15, 0.2) is 0 Å². The largest absolute Gasteiger partial charge is 0.347 e. The monoisotopic (exact) mass is 405 g/mol. The van der Waals surface area contributed by atoms with Crippen LogP contribution in [0, 0.1) is 0 Å². The van der Waals surface area contributed by atoms with Crippen LogP contribution in [0.5, 0.6) is 0 Å². The van der Waals surface area contributed by atoms with Crippen molar-refractivity contribution in [2.24, 2.45) is 0 Å². The third-order valence-electron chi connectivity index (χ3n) is 2.25. The Hall–Kier alpha value is -0.300. The maximum Gasteiger partial charge on any atom is 0.252 e. The van der Waals surface area contributed by atoms with Gasteiger partial charge in [0.2, 0.25) is 0 Å². The van der Waals surface area contributed by atoms with E-state index in [0.29, 0.717) is 17.0 Å². The van der Waals surface area contributed by atoms with Crippen LogP contribution in [0.2, 0.25) is 0 Å². The molecule has 2 nitrogen and oxygen atoms in total. The number of hydrogen-bond acceptors (Lipinski definition) is 3. The van der Waals surface area contributed by atoms with Crippen LogP contribution in [-0.2, 0) is 6.54 Å². The lowest BCUT2D eigenvalue weighted by atomic mass is 10.2. The van der Waals surface area contributed by atoms with Gasteiger partial charge in [-0.15, -0.1) is 24.0 Å². The molecule has 0 fully saturated rings. The first-order valence-corrected chi connectivity index (χ1v) is 7.97. The van der Waals surface area contributed by atoms with Gasteiger partial charge in [0.25, 0.3) is 5.91 Å². The molecule has 0 saturated carbocycles. The lowest BCUT2D eigenvalue weighted by Crippen LogP contribution is -2.22. The zero-order valence-corrected chi connectivity index (χ0v) is 14.0. The van der Waals surface area contributed by atoms with E-state index < -0.39 is 0 Å². The number of benzene rings is 1. The Balaban J connectivity index is 2.03. The predicted octanol–water partition coefficient (Wildman–Crippen LogP) is 4.49. The van der Waals surface area contributed by atoms with Crippen LogP contribution in [0.1, 0.15) is 15.2 Å². The number of carbonyl (C=O) groups excluding carboxylic acids is 1. The molecule has 1 heterocycles. The quantitative estimate of drug-likeness (QED) is 0.722. The van der Waals surface area contributed by atoms with Crippen LogP contribution in [0.15, 0.2) is 43.5 Å². The summed E-state index contributed by atoms with van der Waals surface area (Å²) in [5.74, 6) is -0.114. The van der Waals surface area contributed by atoms with E-state index in [0.717, 1.165) is 13.8 Å². The van der Waals surface area contributed by atoms with Gasteiger partial charge in [0, 0.05) is 24.1 Å². The van der Waals surface area contributed by atoms with Crippen LogP contribution in [0.4, 0.5) is 0 Å². The lowest BCUT2D eigenvalue weighted by Gasteiger charge is -2.06. The van der Waals surface area contributed by atoms with Crippen LogP contribution in [-0.4, -0.2) is 5.91 Å². The molecule has 1 aromatic carbocycles. The van der Waals surface area contributed by atoms with E-state index in [1.165, 1.54) is 0 Å². The summed E-state index contributed by atoms with van der Waals surface area (Å²) in [4.78, 5) is 13.7. The van der Waals surface area contributed by atoms with E-state index in [9.17, 15) is 4.79 Å². The molecule has 18 heavy (non-hydrogen) atoms. The van der Waals surface area contributed by atoms with Crippen LogP contribution < -0.4 is 5.32 Å². The van der Waals surface area contributed by atoms with E-state index in [1.807, 2.05) is 17.5 Å². The topological polar surface area (TPSA) is 29.1 Å². The Morgan fingerprint density at radius 2 is 2.06 bits per heavy atom. The average molecular weight is 407 g/mol. The number of thiophene rings is 1. The summed E-state index contributed by atoms with van der Waals surface area (Å²) < 4.78 is 1.95. The van der Waals surface area contributed by atoms with Crippen molar-refractivity contribution in [3.05, 3.63) is 49.0 Å². The second-order valence-corrected chi connectivity index (χ2v) is 6.88. The maximum atomic E-state index is 12.0. The van der Waals surface area contributed by atoms with Gasteiger partial charge in [-0.2, -0.15) is 0 Å². The molecule has 0 unspecified atom stereocenters. The molecular formula is C12H9Br2NOS2. The molecule has 1 amide bonds. The Labute approximate surface area is 131 Å². The number of rotatable bonds is 3. The highest BCUT2D eigenvalue weighted by Gasteiger charge is 2.09. The van der Waals surface area contributed by atoms with Gasteiger partial charge in [-0.25, -0.2) is 0 Å². The van der Waals surface area contributed by atoms with Gasteiger partial charge in [-0.1, -0.05) is 15.9 Å². The minimum atomic E-state index is -0.114. The fourth-order valence-corrected chi connectivity index (χ4v) is 3.65. The zero-order valence-electron chi connectivity index (χ0n) is 9.11. The molecule has 94 valence electrons. The molecule has 0 bridgehead atoms. The van der Waals surface area contributed by atoms with Crippen molar-refractivity contribution < 1.29 is 4.79 Å². The first-order chi connectivity index (χ1) is 8.56. The maximum absolute atomic E-state index is 12.0. The number of hydrogen-bond donors (Lipinski definition) is 2. The molecule has 0 saturated heterocycles. The van der Waals surface area contributed by atoms with Crippen molar-refractivity contribution in [2.45, 2.75) is 11.4 Å². The highest BCUT2D eigenvalue weighted by atomic mass is 79.9. The molecule has 1 N–H and O–H groups in total. The second kappa shape index (κ2) is 6.23. The number of carbonyl (C=O) groups is 1. The summed E-state index contributed by atoms with van der Waals surface area (Å²) in [6.45, 7) is 0.526. The van der Waals surface area contributed by atoms with Crippen molar-refractivity contribution >= 4 is 61.7 Å². The molecule has 2 rings (SSSR count). The van der Waals surface area contributed by atoms with E-state index in [1.54, 1.807) is 23.5 Å². The van der Waals surface area contributed by atoms with Crippen molar-refractivity contribution in [1.29, 1.82) is 0 Å². The van der Waals surface area contributed by atoms with Crippen molar-refractivity contribution in [3.8, 4) is 0 Å². The van der Waals surface area contributed by atoms with Crippen LogP contribution in [0.3, 0.4) is 0 Å². The number of thiol groups is 1. The Bertz CT molecular complexity index is 583. The summed E-state index contributed by atoms with van der Waals surface area (Å²) in [7, 11) is 0. The minimum Gasteiger partial charge on any atom is -0.347 e. The van der Waals surface area contributed by atoms with Crippen LogP contribution in [0.25, 0.3) is 0 Å². The lowest BCUT2D eigenvalue weighted by molar-refractivity contribution is 0.0948. The molecule has 1 aromatic heterocycles. The van der Waals surface area contributed by atoms with Crippen molar-refractivity contribution in [1.82, 2.24) is 5.32 Å². The first kappa shape index (κ1) is 14.1. The van der Waals surface area contributed by atoms with E-state index in [-0.39, 0.29) is 5.91 Å². The van der Waals surface area contributed by atoms with Crippen LogP contribution >= 0.6 is 55.8 Å². The summed E-state index contributed by atoms with van der Waals surface area (Å²) in [5.41, 5.74) is 0.581. The SMILES string of the molecule is O=C(NCc1cc(Br)cs1)c1ccc(Br)cc1S. The third-order valence-corrected chi connectivity index (χ3v) is 4.81. The van der Waals surface area contributed by atoms with Gasteiger partial charge in [0.1, 0.15) is 0 Å². The highest BCUT2D eigenvalue weighted by Crippen LogP contribution is 2.21. The Morgan fingerprint density at radius 1 is 1.28 bits per heavy atom. The molecule has 0 aliphatic rings. The number of nitrogens with one attached hydrogen (secondary N) is 1. The predicted molar refractivity (Wildman–Crippen MR) is 84.6 cm³/mol. The molecule has 2 aromatic rings. The Kier molecular flexibility index (Phi) is 4.89. The Morgan fingerprint density at radius 3 is 2.67 bits per heavy atom. The van der Waals surface area contributed by atoms with Gasteiger partial charge in [0.05, 0.1) is 12.1 Å². The van der Waals surface area contributed by atoms with Crippen molar-refractivity contribution in [3.63, 3.8) is 0 Å². The third kappa shape index (κ3) is 3.60. The fourth-order valence-electron chi connectivity index (χ4n) is 1.41. The summed E-state index contributed by atoms with van der Waals surface area (Å²) in [5, 5.41) is 4.87. The standard InChI is InChI=1S/C12H9Br2NOS2/c13-7-1-2-10(11(17)4-7)12(16)15-5-9-3-8(14)6-18-9/h1-4,6,17H,5H2,(H,15,16). The van der Waals surface area contributed by atoms with Gasteiger partial charge < -0.3 is 5.32 Å². The zero-order chi connectivity index (χ0) is 13.1. The average Bonchev–Trinajstić information content (AvgIpc) is 2.72. The molecule has 6 heteroatoms. The first-order valence-electron chi connectivity index (χ1n) is 5.06. The van der Waals surface area contributed by atoms with E-state index >= 15 is 0 Å². The molecule has 0 atom stereocenters. The minimum absolute atomic E-state index is 0.114. The number of halogens is 2. The van der Waals surface area contributed by atoms with Gasteiger partial charge in [-0.3, -0.25) is 4.79 Å². The molecule has 0 spiro atoms. The van der Waals surface area contributed by atoms with Gasteiger partial charge >= 0.3 is 0 Å². The van der Waals surface area contributed by atoms with Gasteiger partial charge in [-0.05, 0) is 40.2 Å². The molecule has 0 radical (unpaired) electrons. The summed E-state index contributed by atoms with van der Waals surface area (Å²) in [6.07, 6.45) is 0. The summed E-state index contributed by atoms with van der Waals surface area (Å²) in [6, 6.07) is 7.39. The molecule has 0 aliphatic carbocycles. The molecule has 0 aliphatic heterocycles. The summed E-state index contributed by atoms with van der Waals surface area (Å²) >= 11 is 12.6. The normalized spacial score (nSPS) is 10.4. The van der Waals surface area contributed by atoms with E-state index in [2.05, 4.69) is 49.8 Å². The fraction of sp³-hybridized carbons (Fsp3) is 0.0833. The molecular weight excluding hydrogens is 398 g/mol. The van der Waals surface area contributed by atoms with Crippen molar-refractivity contribution in [2.75, 3.05) is 0 Å². The smallest absolute Gasteiger partial charge is 0.252 e. The number of amides is 1. The second-order valence-electron chi connectivity index (χ2n) is 3.58.